The summed E-state index contributed by atoms with van der Waals surface area (Å²) < 4.78 is 5.31. The summed E-state index contributed by atoms with van der Waals surface area (Å²) in [5.74, 6) is -1.23. The van der Waals surface area contributed by atoms with Crippen LogP contribution in [0.25, 0.3) is 0 Å². The number of ether oxygens (including phenoxy) is 1. The Labute approximate surface area is 156 Å². The number of amides is 1. The molecular weight excluding hydrogens is 363 g/mol. The van der Waals surface area contributed by atoms with Gasteiger partial charge in [-0.1, -0.05) is 60.5 Å². The lowest BCUT2D eigenvalue weighted by Crippen LogP contribution is -2.32. The number of esters is 1. The van der Waals surface area contributed by atoms with Crippen LogP contribution in [-0.4, -0.2) is 23.0 Å². The maximum absolute atomic E-state index is 12.4. The molecule has 0 aliphatic rings. The van der Waals surface area contributed by atoms with E-state index in [0.29, 0.717) is 11.4 Å². The number of hydrogen-bond acceptors (Lipinski definition) is 4. The van der Waals surface area contributed by atoms with Crippen molar-refractivity contribution in [3.05, 3.63) is 58.2 Å². The predicted octanol–water partition coefficient (Wildman–Crippen LogP) is 4.45. The first-order valence-corrected chi connectivity index (χ1v) is 8.55. The maximum atomic E-state index is 12.4. The van der Waals surface area contributed by atoms with Crippen LogP contribution in [0.3, 0.4) is 0 Å². The minimum Gasteiger partial charge on any atom is -0.452 e. The second-order valence-corrected chi connectivity index (χ2v) is 6.27. The monoisotopic (exact) mass is 380 g/mol. The van der Waals surface area contributed by atoms with Gasteiger partial charge in [-0.05, 0) is 25.0 Å². The van der Waals surface area contributed by atoms with Crippen LogP contribution in [0.1, 0.15) is 31.7 Å². The van der Waals surface area contributed by atoms with Gasteiger partial charge in [0.15, 0.2) is 11.9 Å². The van der Waals surface area contributed by atoms with E-state index in [1.54, 1.807) is 0 Å². The molecule has 0 radical (unpaired) electrons. The van der Waals surface area contributed by atoms with E-state index < -0.39 is 23.9 Å². The molecule has 1 heterocycles. The van der Waals surface area contributed by atoms with Gasteiger partial charge < -0.3 is 10.1 Å². The lowest BCUT2D eigenvalue weighted by atomic mass is 9.97. The minimum absolute atomic E-state index is 0.161. The molecule has 0 bridgehead atoms. The topological polar surface area (TPSA) is 68.3 Å². The van der Waals surface area contributed by atoms with Gasteiger partial charge in [-0.3, -0.25) is 9.59 Å². The van der Waals surface area contributed by atoms with E-state index in [-0.39, 0.29) is 10.8 Å². The molecule has 2 aromatic rings. The summed E-state index contributed by atoms with van der Waals surface area (Å²) in [5.41, 5.74) is 0.852. The van der Waals surface area contributed by atoms with Crippen LogP contribution >= 0.6 is 23.2 Å². The van der Waals surface area contributed by atoms with Crippen molar-refractivity contribution in [2.45, 2.75) is 32.3 Å². The van der Waals surface area contributed by atoms with Crippen molar-refractivity contribution >= 4 is 40.9 Å². The summed E-state index contributed by atoms with van der Waals surface area (Å²) in [7, 11) is 0. The SMILES string of the molecule is CC[C@@H](C(=O)O[C@@H](C)C(=O)Nc1ncc(Cl)cc1Cl)c1ccccc1. The van der Waals surface area contributed by atoms with Gasteiger partial charge in [0, 0.05) is 6.20 Å². The van der Waals surface area contributed by atoms with E-state index in [1.165, 1.54) is 19.2 Å². The highest BCUT2D eigenvalue weighted by Crippen LogP contribution is 2.24. The zero-order valence-electron chi connectivity index (χ0n) is 13.8. The van der Waals surface area contributed by atoms with Crippen LogP contribution < -0.4 is 5.32 Å². The summed E-state index contributed by atoms with van der Waals surface area (Å²) in [6, 6.07) is 10.8. The fourth-order valence-corrected chi connectivity index (χ4v) is 2.69. The van der Waals surface area contributed by atoms with Crippen LogP contribution in [0.5, 0.6) is 0 Å². The van der Waals surface area contributed by atoms with Crippen LogP contribution in [0, 0.1) is 0 Å². The highest BCUT2D eigenvalue weighted by Gasteiger charge is 2.25. The molecule has 25 heavy (non-hydrogen) atoms. The predicted molar refractivity (Wildman–Crippen MR) is 97.9 cm³/mol. The molecule has 0 saturated carbocycles. The molecular formula is C18H18Cl2N2O3. The van der Waals surface area contributed by atoms with Crippen LogP contribution in [0.15, 0.2) is 42.6 Å². The average Bonchev–Trinajstić information content (AvgIpc) is 2.58. The highest BCUT2D eigenvalue weighted by molar-refractivity contribution is 6.36. The number of pyridine rings is 1. The third-order valence-electron chi connectivity index (χ3n) is 3.61. The molecule has 1 aromatic carbocycles. The number of aromatic nitrogens is 1. The molecule has 0 aliphatic carbocycles. The van der Waals surface area contributed by atoms with Crippen LogP contribution in [-0.2, 0) is 14.3 Å². The molecule has 1 aromatic heterocycles. The smallest absolute Gasteiger partial charge is 0.314 e. The van der Waals surface area contributed by atoms with Gasteiger partial charge in [0.1, 0.15) is 0 Å². The maximum Gasteiger partial charge on any atom is 0.314 e. The number of nitrogens with zero attached hydrogens (tertiary/aromatic N) is 1. The van der Waals surface area contributed by atoms with Gasteiger partial charge in [-0.15, -0.1) is 0 Å². The van der Waals surface area contributed by atoms with Gasteiger partial charge >= 0.3 is 5.97 Å². The number of halogens is 2. The van der Waals surface area contributed by atoms with E-state index in [9.17, 15) is 9.59 Å². The summed E-state index contributed by atoms with van der Waals surface area (Å²) in [6.45, 7) is 3.38. The Morgan fingerprint density at radius 3 is 2.52 bits per heavy atom. The van der Waals surface area contributed by atoms with Crippen molar-refractivity contribution in [2.75, 3.05) is 5.32 Å². The third kappa shape index (κ3) is 5.18. The fraction of sp³-hybridized carbons (Fsp3) is 0.278. The summed E-state index contributed by atoms with van der Waals surface area (Å²) in [5, 5.41) is 3.08. The van der Waals surface area contributed by atoms with Crippen molar-refractivity contribution in [1.82, 2.24) is 4.98 Å². The van der Waals surface area contributed by atoms with Crippen molar-refractivity contribution in [1.29, 1.82) is 0 Å². The highest BCUT2D eigenvalue weighted by atomic mass is 35.5. The molecule has 0 spiro atoms. The first-order valence-electron chi connectivity index (χ1n) is 7.79. The second-order valence-electron chi connectivity index (χ2n) is 5.42. The van der Waals surface area contributed by atoms with Crippen molar-refractivity contribution in [3.8, 4) is 0 Å². The molecule has 0 saturated heterocycles. The van der Waals surface area contributed by atoms with Crippen molar-refractivity contribution in [2.24, 2.45) is 0 Å². The van der Waals surface area contributed by atoms with Gasteiger partial charge in [0.05, 0.1) is 16.0 Å². The van der Waals surface area contributed by atoms with E-state index in [4.69, 9.17) is 27.9 Å². The zero-order valence-corrected chi connectivity index (χ0v) is 15.3. The first-order chi connectivity index (χ1) is 11.9. The second kappa shape index (κ2) is 8.83. The van der Waals surface area contributed by atoms with E-state index in [2.05, 4.69) is 10.3 Å². The largest absolute Gasteiger partial charge is 0.452 e. The number of carbonyl (C=O) groups excluding carboxylic acids is 2. The standard InChI is InChI=1S/C18H18Cl2N2O3/c1-3-14(12-7-5-4-6-8-12)18(24)25-11(2)17(23)22-16-15(20)9-13(19)10-21-16/h4-11,14H,3H2,1-2H3,(H,21,22,23)/t11-,14+/m0/s1. The Morgan fingerprint density at radius 2 is 1.92 bits per heavy atom. The number of nitrogens with one attached hydrogen (secondary N) is 1. The minimum atomic E-state index is -0.987. The zero-order chi connectivity index (χ0) is 18.4. The lowest BCUT2D eigenvalue weighted by Gasteiger charge is -2.18. The summed E-state index contributed by atoms with van der Waals surface area (Å²) >= 11 is 11.7. The number of rotatable bonds is 6. The van der Waals surface area contributed by atoms with Gasteiger partial charge in [0.25, 0.3) is 5.91 Å². The molecule has 0 unspecified atom stereocenters. The van der Waals surface area contributed by atoms with Crippen molar-refractivity contribution in [3.63, 3.8) is 0 Å². The van der Waals surface area contributed by atoms with Gasteiger partial charge in [-0.2, -0.15) is 0 Å². The molecule has 7 heteroatoms. The number of carbonyl (C=O) groups is 2. The first kappa shape index (κ1) is 19.2. The molecule has 132 valence electrons. The molecule has 1 amide bonds. The van der Waals surface area contributed by atoms with E-state index in [1.807, 2.05) is 37.3 Å². The molecule has 0 fully saturated rings. The molecule has 0 aliphatic heterocycles. The Hall–Kier alpha value is -2.11. The van der Waals surface area contributed by atoms with Crippen molar-refractivity contribution < 1.29 is 14.3 Å². The number of anilines is 1. The molecule has 5 nitrogen and oxygen atoms in total. The average molecular weight is 381 g/mol. The van der Waals surface area contributed by atoms with E-state index in [0.717, 1.165) is 5.56 Å². The molecule has 2 rings (SSSR count). The Balaban J connectivity index is 2.01. The fourth-order valence-electron chi connectivity index (χ4n) is 2.26. The number of hydrogen-bond donors (Lipinski definition) is 1. The Bertz CT molecular complexity index is 753. The molecule has 2 atom stereocenters. The quantitative estimate of drug-likeness (QED) is 0.751. The summed E-state index contributed by atoms with van der Waals surface area (Å²) in [4.78, 5) is 28.5. The number of benzene rings is 1. The normalized spacial score (nSPS) is 13.0. The Morgan fingerprint density at radius 1 is 1.24 bits per heavy atom. The van der Waals surface area contributed by atoms with E-state index >= 15 is 0 Å². The summed E-state index contributed by atoms with van der Waals surface area (Å²) in [6.07, 6.45) is 0.947. The Kier molecular flexibility index (Phi) is 6.79. The van der Waals surface area contributed by atoms with Crippen LogP contribution in [0.2, 0.25) is 10.0 Å². The third-order valence-corrected chi connectivity index (χ3v) is 4.10. The molecule has 1 N–H and O–H groups in total. The lowest BCUT2D eigenvalue weighted by molar-refractivity contribution is -0.154. The van der Waals surface area contributed by atoms with Crippen LogP contribution in [0.4, 0.5) is 5.82 Å². The van der Waals surface area contributed by atoms with Gasteiger partial charge in [0.2, 0.25) is 0 Å². The van der Waals surface area contributed by atoms with Gasteiger partial charge in [-0.25, -0.2) is 4.98 Å².